The van der Waals surface area contributed by atoms with E-state index in [2.05, 4.69) is 36.1 Å². The minimum absolute atomic E-state index is 0.0151. The zero-order chi connectivity index (χ0) is 16.4. The summed E-state index contributed by atoms with van der Waals surface area (Å²) < 4.78 is 0. The van der Waals surface area contributed by atoms with E-state index in [4.69, 9.17) is 16.7 Å². The molecule has 0 aliphatic carbocycles. The van der Waals surface area contributed by atoms with Crippen LogP contribution in [0.25, 0.3) is 0 Å². The molecule has 120 valence electrons. The van der Waals surface area contributed by atoms with Gasteiger partial charge in [0.25, 0.3) is 0 Å². The van der Waals surface area contributed by atoms with Crippen LogP contribution in [0.3, 0.4) is 0 Å². The van der Waals surface area contributed by atoms with Crippen molar-refractivity contribution in [1.29, 1.82) is 0 Å². The molecule has 0 spiro atoms. The van der Waals surface area contributed by atoms with Gasteiger partial charge in [-0.15, -0.1) is 0 Å². The zero-order valence-electron chi connectivity index (χ0n) is 13.1. The lowest BCUT2D eigenvalue weighted by Crippen LogP contribution is -2.33. The normalized spacial score (nSPS) is 17.0. The van der Waals surface area contributed by atoms with Crippen LogP contribution in [0.4, 0.5) is 5.69 Å². The molecule has 4 heteroatoms. The number of aliphatic carboxylic acids is 1. The maximum Gasteiger partial charge on any atom is 0.307 e. The highest BCUT2D eigenvalue weighted by molar-refractivity contribution is 6.33. The Kier molecular flexibility index (Phi) is 4.58. The Hall–Kier alpha value is -2.00. The van der Waals surface area contributed by atoms with Gasteiger partial charge in [-0.25, -0.2) is 0 Å². The van der Waals surface area contributed by atoms with Gasteiger partial charge in [-0.2, -0.15) is 0 Å². The maximum atomic E-state index is 11.0. The Morgan fingerprint density at radius 3 is 2.70 bits per heavy atom. The number of halogens is 1. The molecule has 23 heavy (non-hydrogen) atoms. The van der Waals surface area contributed by atoms with E-state index < -0.39 is 5.97 Å². The van der Waals surface area contributed by atoms with Gasteiger partial charge in [0, 0.05) is 6.54 Å². The van der Waals surface area contributed by atoms with Crippen molar-refractivity contribution in [2.24, 2.45) is 0 Å². The third-order valence-corrected chi connectivity index (χ3v) is 4.72. The van der Waals surface area contributed by atoms with Crippen LogP contribution in [0, 0.1) is 0 Å². The van der Waals surface area contributed by atoms with E-state index in [1.807, 2.05) is 12.1 Å². The molecule has 1 heterocycles. The van der Waals surface area contributed by atoms with Gasteiger partial charge in [0.1, 0.15) is 0 Å². The first-order chi connectivity index (χ1) is 11.1. The summed E-state index contributed by atoms with van der Waals surface area (Å²) in [6.07, 6.45) is 1.94. The molecular formula is C19H20ClNO2. The Labute approximate surface area is 141 Å². The Morgan fingerprint density at radius 1 is 1.30 bits per heavy atom. The van der Waals surface area contributed by atoms with E-state index in [0.717, 1.165) is 36.2 Å². The largest absolute Gasteiger partial charge is 0.481 e. The summed E-state index contributed by atoms with van der Waals surface area (Å²) in [5.74, 6) is -0.827. The van der Waals surface area contributed by atoms with Crippen LogP contribution < -0.4 is 4.90 Å². The lowest BCUT2D eigenvalue weighted by Gasteiger charge is -2.39. The second-order valence-corrected chi connectivity index (χ2v) is 6.31. The van der Waals surface area contributed by atoms with Crippen LogP contribution in [-0.2, 0) is 17.6 Å². The second-order valence-electron chi connectivity index (χ2n) is 5.91. The third-order valence-electron chi connectivity index (χ3n) is 4.43. The van der Waals surface area contributed by atoms with Gasteiger partial charge in [-0.1, -0.05) is 48.0 Å². The molecule has 0 saturated carbocycles. The SMILES string of the molecule is CCN1c2c(Cl)cc(CC(=O)O)cc2CCC1c1ccccc1. The first-order valence-corrected chi connectivity index (χ1v) is 8.32. The number of fused-ring (bicyclic) bond motifs is 1. The van der Waals surface area contributed by atoms with Crippen molar-refractivity contribution in [2.75, 3.05) is 11.4 Å². The predicted octanol–water partition coefficient (Wildman–Crippen LogP) is 4.48. The quantitative estimate of drug-likeness (QED) is 0.899. The molecule has 2 aromatic rings. The topological polar surface area (TPSA) is 40.5 Å². The summed E-state index contributed by atoms with van der Waals surface area (Å²) in [5.41, 5.74) is 4.28. The number of hydrogen-bond donors (Lipinski definition) is 1. The van der Waals surface area contributed by atoms with Gasteiger partial charge < -0.3 is 10.0 Å². The Morgan fingerprint density at radius 2 is 2.04 bits per heavy atom. The number of carbonyl (C=O) groups is 1. The van der Waals surface area contributed by atoms with Crippen molar-refractivity contribution >= 4 is 23.3 Å². The minimum atomic E-state index is -0.827. The molecule has 2 aromatic carbocycles. The third kappa shape index (κ3) is 3.20. The summed E-state index contributed by atoms with van der Waals surface area (Å²) >= 11 is 6.52. The van der Waals surface area contributed by atoms with Gasteiger partial charge >= 0.3 is 5.97 Å². The van der Waals surface area contributed by atoms with Gasteiger partial charge in [-0.3, -0.25) is 4.79 Å². The van der Waals surface area contributed by atoms with Crippen LogP contribution in [0.5, 0.6) is 0 Å². The minimum Gasteiger partial charge on any atom is -0.481 e. The van der Waals surface area contributed by atoms with E-state index >= 15 is 0 Å². The lowest BCUT2D eigenvalue weighted by molar-refractivity contribution is -0.136. The number of rotatable bonds is 4. The average molecular weight is 330 g/mol. The fourth-order valence-electron chi connectivity index (χ4n) is 3.51. The summed E-state index contributed by atoms with van der Waals surface area (Å²) in [6, 6.07) is 14.6. The average Bonchev–Trinajstić information content (AvgIpc) is 2.54. The van der Waals surface area contributed by atoms with Crippen molar-refractivity contribution < 1.29 is 9.90 Å². The highest BCUT2D eigenvalue weighted by atomic mass is 35.5. The molecule has 0 fully saturated rings. The number of benzene rings is 2. The van der Waals surface area contributed by atoms with E-state index in [-0.39, 0.29) is 6.42 Å². The Balaban J connectivity index is 2.00. The predicted molar refractivity (Wildman–Crippen MR) is 93.3 cm³/mol. The molecule has 0 amide bonds. The number of nitrogens with zero attached hydrogens (tertiary/aromatic N) is 1. The molecule has 0 saturated heterocycles. The molecular weight excluding hydrogens is 310 g/mol. The lowest BCUT2D eigenvalue weighted by atomic mass is 9.90. The van der Waals surface area contributed by atoms with E-state index in [1.165, 1.54) is 5.56 Å². The summed E-state index contributed by atoms with van der Waals surface area (Å²) in [7, 11) is 0. The van der Waals surface area contributed by atoms with Crippen molar-refractivity contribution in [2.45, 2.75) is 32.2 Å². The van der Waals surface area contributed by atoms with Gasteiger partial charge in [0.2, 0.25) is 0 Å². The fourth-order valence-corrected chi connectivity index (χ4v) is 3.88. The molecule has 3 nitrogen and oxygen atoms in total. The molecule has 0 radical (unpaired) electrons. The highest BCUT2D eigenvalue weighted by Crippen LogP contribution is 2.43. The van der Waals surface area contributed by atoms with Gasteiger partial charge in [-0.05, 0) is 42.5 Å². The van der Waals surface area contributed by atoms with Crippen LogP contribution in [0.15, 0.2) is 42.5 Å². The van der Waals surface area contributed by atoms with Crippen molar-refractivity contribution in [3.63, 3.8) is 0 Å². The van der Waals surface area contributed by atoms with Crippen molar-refractivity contribution in [3.8, 4) is 0 Å². The number of hydrogen-bond acceptors (Lipinski definition) is 2. The van der Waals surface area contributed by atoms with Crippen LogP contribution >= 0.6 is 11.6 Å². The monoisotopic (exact) mass is 329 g/mol. The standard InChI is InChI=1S/C19H20ClNO2/c1-2-21-17(14-6-4-3-5-7-14)9-8-15-10-13(12-18(22)23)11-16(20)19(15)21/h3-7,10-11,17H,2,8-9,12H2,1H3,(H,22,23). The first-order valence-electron chi connectivity index (χ1n) is 7.94. The number of anilines is 1. The fraction of sp³-hybridized carbons (Fsp3) is 0.316. The van der Waals surface area contributed by atoms with E-state index in [0.29, 0.717) is 11.1 Å². The summed E-state index contributed by atoms with van der Waals surface area (Å²) in [6.45, 7) is 3.00. The van der Waals surface area contributed by atoms with Gasteiger partial charge in [0.05, 0.1) is 23.2 Å². The summed E-state index contributed by atoms with van der Waals surface area (Å²) in [4.78, 5) is 13.3. The molecule has 0 bridgehead atoms. The first kappa shape index (κ1) is 15.9. The van der Waals surface area contributed by atoms with Gasteiger partial charge in [0.15, 0.2) is 0 Å². The zero-order valence-corrected chi connectivity index (χ0v) is 13.9. The Bertz CT molecular complexity index is 715. The number of carboxylic acids is 1. The molecule has 1 N–H and O–H groups in total. The van der Waals surface area contributed by atoms with Crippen LogP contribution in [-0.4, -0.2) is 17.6 Å². The number of carboxylic acid groups (broad SMARTS) is 1. The molecule has 3 rings (SSSR count). The molecule has 1 atom stereocenters. The van der Waals surface area contributed by atoms with Crippen LogP contribution in [0.2, 0.25) is 5.02 Å². The summed E-state index contributed by atoms with van der Waals surface area (Å²) in [5, 5.41) is 9.65. The highest BCUT2D eigenvalue weighted by Gasteiger charge is 2.28. The smallest absolute Gasteiger partial charge is 0.307 e. The van der Waals surface area contributed by atoms with E-state index in [1.54, 1.807) is 6.07 Å². The maximum absolute atomic E-state index is 11.0. The molecule has 1 aliphatic rings. The number of aryl methyl sites for hydroxylation is 1. The second kappa shape index (κ2) is 6.63. The van der Waals surface area contributed by atoms with E-state index in [9.17, 15) is 4.79 Å². The van der Waals surface area contributed by atoms with Crippen molar-refractivity contribution in [3.05, 3.63) is 64.2 Å². The molecule has 0 aromatic heterocycles. The molecule has 1 aliphatic heterocycles. The van der Waals surface area contributed by atoms with Crippen molar-refractivity contribution in [1.82, 2.24) is 0 Å². The van der Waals surface area contributed by atoms with Crippen LogP contribution in [0.1, 0.15) is 36.1 Å². The molecule has 1 unspecified atom stereocenters.